The van der Waals surface area contributed by atoms with Crippen molar-refractivity contribution >= 4 is 52.2 Å². The number of hydrogen-bond acceptors (Lipinski definition) is 2. The highest BCUT2D eigenvalue weighted by atomic mass is 35.6. The summed E-state index contributed by atoms with van der Waals surface area (Å²) in [6.45, 7) is 2.13. The van der Waals surface area contributed by atoms with Crippen molar-refractivity contribution in [3.05, 3.63) is 11.3 Å². The highest BCUT2D eigenvalue weighted by Crippen LogP contribution is 2.31. The maximum Gasteiger partial charge on any atom is 0.254 e. The van der Waals surface area contributed by atoms with E-state index in [1.165, 1.54) is 0 Å². The van der Waals surface area contributed by atoms with Crippen LogP contribution < -0.4 is 0 Å². The molecule has 6 heteroatoms. The van der Waals surface area contributed by atoms with Crippen LogP contribution in [-0.2, 0) is 9.53 Å². The van der Waals surface area contributed by atoms with Crippen LogP contribution in [0, 0.1) is 0 Å². The summed E-state index contributed by atoms with van der Waals surface area (Å²) in [6.07, 6.45) is 1.05. The third kappa shape index (κ3) is 4.41. The molecule has 0 amide bonds. The summed E-state index contributed by atoms with van der Waals surface area (Å²) < 4.78 is 2.70. The number of Topliss-reactive ketones (excluding diaryl/α,β-unsaturated/α-hetero) is 1. The van der Waals surface area contributed by atoms with E-state index in [0.717, 1.165) is 6.26 Å². The fourth-order valence-corrected chi connectivity index (χ4v) is 1.00. The van der Waals surface area contributed by atoms with Gasteiger partial charge in [-0.05, 0) is 6.92 Å². The SMILES string of the molecule is CCO/C=C(\Cl)C(=O)C(Cl)(Cl)Cl. The second-order valence-electron chi connectivity index (χ2n) is 1.75. The van der Waals surface area contributed by atoms with Crippen molar-refractivity contribution in [1.82, 2.24) is 0 Å². The van der Waals surface area contributed by atoms with Crippen molar-refractivity contribution in [2.45, 2.75) is 10.7 Å². The molecule has 0 N–H and O–H groups in total. The average Bonchev–Trinajstić information content (AvgIpc) is 1.97. The Kier molecular flexibility index (Phi) is 5.34. The van der Waals surface area contributed by atoms with Gasteiger partial charge in [0.15, 0.2) is 0 Å². The Labute approximate surface area is 90.4 Å². The quantitative estimate of drug-likeness (QED) is 0.438. The van der Waals surface area contributed by atoms with E-state index in [1.807, 2.05) is 0 Å². The van der Waals surface area contributed by atoms with E-state index in [4.69, 9.17) is 51.1 Å². The molecule has 0 aliphatic heterocycles. The van der Waals surface area contributed by atoms with Crippen LogP contribution in [0.2, 0.25) is 0 Å². The van der Waals surface area contributed by atoms with Gasteiger partial charge < -0.3 is 4.74 Å². The minimum absolute atomic E-state index is 0.239. The molecule has 0 aliphatic carbocycles. The lowest BCUT2D eigenvalue weighted by Gasteiger charge is -2.07. The molecule has 0 aromatic rings. The van der Waals surface area contributed by atoms with Gasteiger partial charge in [-0.2, -0.15) is 0 Å². The Morgan fingerprint density at radius 2 is 2.00 bits per heavy atom. The zero-order valence-corrected chi connectivity index (χ0v) is 9.14. The summed E-state index contributed by atoms with van der Waals surface area (Å²) >= 11 is 21.2. The molecule has 0 bridgehead atoms. The highest BCUT2D eigenvalue weighted by Gasteiger charge is 2.32. The molecule has 0 saturated carbocycles. The van der Waals surface area contributed by atoms with E-state index in [-0.39, 0.29) is 5.03 Å². The maximum absolute atomic E-state index is 11.0. The number of ketones is 1. The van der Waals surface area contributed by atoms with Gasteiger partial charge in [-0.1, -0.05) is 46.4 Å². The monoisotopic (exact) mass is 250 g/mol. The molecule has 0 aromatic carbocycles. The molecule has 2 nitrogen and oxygen atoms in total. The highest BCUT2D eigenvalue weighted by molar-refractivity contribution is 6.79. The van der Waals surface area contributed by atoms with Gasteiger partial charge in [0, 0.05) is 0 Å². The van der Waals surface area contributed by atoms with Gasteiger partial charge in [0.05, 0.1) is 6.61 Å². The number of hydrogen-bond donors (Lipinski definition) is 0. The van der Waals surface area contributed by atoms with E-state index in [1.54, 1.807) is 6.92 Å². The van der Waals surface area contributed by atoms with Crippen molar-refractivity contribution in [1.29, 1.82) is 0 Å². The summed E-state index contributed by atoms with van der Waals surface area (Å²) in [5.74, 6) is -0.803. The Hall–Kier alpha value is 0.370. The fraction of sp³-hybridized carbons (Fsp3) is 0.500. The van der Waals surface area contributed by atoms with Crippen LogP contribution >= 0.6 is 46.4 Å². The van der Waals surface area contributed by atoms with E-state index < -0.39 is 9.58 Å². The predicted octanol–water partition coefficient (Wildman–Crippen LogP) is 3.04. The second kappa shape index (κ2) is 5.18. The second-order valence-corrected chi connectivity index (χ2v) is 4.44. The van der Waals surface area contributed by atoms with E-state index in [0.29, 0.717) is 6.61 Å². The van der Waals surface area contributed by atoms with Crippen LogP contribution in [0.3, 0.4) is 0 Å². The standard InChI is InChI=1S/C6H6Cl4O2/c1-2-12-3-4(7)5(11)6(8,9)10/h3H,2H2,1H3/b4-3-. The molecule has 0 fully saturated rings. The molecule has 0 rings (SSSR count). The van der Waals surface area contributed by atoms with E-state index in [9.17, 15) is 4.79 Å². The van der Waals surface area contributed by atoms with Gasteiger partial charge in [-0.25, -0.2) is 0 Å². The van der Waals surface area contributed by atoms with Crippen molar-refractivity contribution < 1.29 is 9.53 Å². The Morgan fingerprint density at radius 1 is 1.50 bits per heavy atom. The zero-order chi connectivity index (χ0) is 9.78. The number of rotatable bonds is 3. The Bertz CT molecular complexity index is 194. The molecular formula is C6H6Cl4O2. The van der Waals surface area contributed by atoms with Gasteiger partial charge >= 0.3 is 0 Å². The first-order valence-electron chi connectivity index (χ1n) is 2.98. The number of allylic oxidation sites excluding steroid dienone is 1. The number of carbonyl (C=O) groups excluding carboxylic acids is 1. The lowest BCUT2D eigenvalue weighted by atomic mass is 10.4. The zero-order valence-electron chi connectivity index (χ0n) is 6.11. The summed E-state index contributed by atoms with van der Waals surface area (Å²) in [7, 11) is 0. The number of ether oxygens (including phenoxy) is 1. The Balaban J connectivity index is 4.30. The maximum atomic E-state index is 11.0. The average molecular weight is 252 g/mol. The number of carbonyl (C=O) groups is 1. The van der Waals surface area contributed by atoms with Gasteiger partial charge in [-0.15, -0.1) is 0 Å². The molecule has 0 radical (unpaired) electrons. The minimum atomic E-state index is -2.02. The normalized spacial score (nSPS) is 12.9. The first kappa shape index (κ1) is 12.4. The fourth-order valence-electron chi connectivity index (χ4n) is 0.345. The Morgan fingerprint density at radius 3 is 2.33 bits per heavy atom. The third-order valence-electron chi connectivity index (χ3n) is 0.828. The van der Waals surface area contributed by atoms with Gasteiger partial charge in [-0.3, -0.25) is 4.79 Å². The van der Waals surface area contributed by atoms with Crippen LogP contribution in [0.15, 0.2) is 11.3 Å². The number of halogens is 4. The summed E-state index contributed by atoms with van der Waals surface area (Å²) in [5, 5.41) is -0.239. The van der Waals surface area contributed by atoms with Crippen LogP contribution in [0.5, 0.6) is 0 Å². The van der Waals surface area contributed by atoms with Gasteiger partial charge in [0.1, 0.15) is 11.3 Å². The lowest BCUT2D eigenvalue weighted by Crippen LogP contribution is -2.18. The summed E-state index contributed by atoms with van der Waals surface area (Å²) in [5.41, 5.74) is 0. The van der Waals surface area contributed by atoms with Crippen molar-refractivity contribution in [2.75, 3.05) is 6.61 Å². The molecule has 0 aromatic heterocycles. The van der Waals surface area contributed by atoms with E-state index in [2.05, 4.69) is 0 Å². The van der Waals surface area contributed by atoms with Gasteiger partial charge in [0.25, 0.3) is 3.79 Å². The van der Waals surface area contributed by atoms with Gasteiger partial charge in [0.2, 0.25) is 5.78 Å². The van der Waals surface area contributed by atoms with Crippen LogP contribution in [0.4, 0.5) is 0 Å². The number of alkyl halides is 3. The molecule has 12 heavy (non-hydrogen) atoms. The molecule has 0 aliphatic rings. The van der Waals surface area contributed by atoms with Crippen LogP contribution in [-0.4, -0.2) is 16.2 Å². The molecule has 0 atom stereocenters. The van der Waals surface area contributed by atoms with Crippen molar-refractivity contribution in [2.24, 2.45) is 0 Å². The topological polar surface area (TPSA) is 26.3 Å². The first-order chi connectivity index (χ1) is 5.39. The van der Waals surface area contributed by atoms with Crippen LogP contribution in [0.25, 0.3) is 0 Å². The summed E-state index contributed by atoms with van der Waals surface area (Å²) in [6, 6.07) is 0. The van der Waals surface area contributed by atoms with Crippen molar-refractivity contribution in [3.8, 4) is 0 Å². The predicted molar refractivity (Wildman–Crippen MR) is 50.9 cm³/mol. The largest absolute Gasteiger partial charge is 0.500 e. The molecular weight excluding hydrogens is 246 g/mol. The summed E-state index contributed by atoms with van der Waals surface area (Å²) in [4.78, 5) is 11.0. The van der Waals surface area contributed by atoms with Crippen LogP contribution in [0.1, 0.15) is 6.92 Å². The van der Waals surface area contributed by atoms with E-state index >= 15 is 0 Å². The molecule has 0 heterocycles. The first-order valence-corrected chi connectivity index (χ1v) is 4.49. The minimum Gasteiger partial charge on any atom is -0.500 e. The lowest BCUT2D eigenvalue weighted by molar-refractivity contribution is -0.114. The molecule has 70 valence electrons. The molecule has 0 spiro atoms. The molecule has 0 saturated heterocycles. The third-order valence-corrected chi connectivity index (χ3v) is 1.60. The smallest absolute Gasteiger partial charge is 0.254 e. The van der Waals surface area contributed by atoms with Crippen molar-refractivity contribution in [3.63, 3.8) is 0 Å². The molecule has 0 unspecified atom stereocenters.